The number of para-hydroxylation sites is 1. The second-order valence-electron chi connectivity index (χ2n) is 5.68. The van der Waals surface area contributed by atoms with Crippen molar-refractivity contribution in [2.45, 2.75) is 45.2 Å². The van der Waals surface area contributed by atoms with Gasteiger partial charge in [-0.15, -0.1) is 0 Å². The fourth-order valence-electron chi connectivity index (χ4n) is 3.17. The number of nitrogens with one attached hydrogen (secondary N) is 2. The van der Waals surface area contributed by atoms with Crippen LogP contribution >= 0.6 is 11.6 Å². The minimum Gasteiger partial charge on any atom is -0.356 e. The fraction of sp³-hybridized carbons (Fsp3) is 0.500. The monoisotopic (exact) mass is 276 g/mol. The summed E-state index contributed by atoms with van der Waals surface area (Å²) in [6.07, 6.45) is 5.52. The molecule has 2 nitrogen and oxygen atoms in total. The zero-order valence-electron chi connectivity index (χ0n) is 11.4. The van der Waals surface area contributed by atoms with Gasteiger partial charge in [-0.2, -0.15) is 0 Å². The Labute approximate surface area is 119 Å². The molecular weight excluding hydrogens is 256 g/mol. The van der Waals surface area contributed by atoms with Crippen LogP contribution in [0.3, 0.4) is 0 Å². The van der Waals surface area contributed by atoms with Crippen LogP contribution in [-0.4, -0.2) is 11.0 Å². The van der Waals surface area contributed by atoms with Crippen LogP contribution in [0.1, 0.15) is 38.3 Å². The first kappa shape index (κ1) is 13.0. The van der Waals surface area contributed by atoms with Gasteiger partial charge in [-0.05, 0) is 31.7 Å². The second kappa shape index (κ2) is 5.56. The molecule has 0 bridgehead atoms. The summed E-state index contributed by atoms with van der Waals surface area (Å²) in [5, 5.41) is 5.61. The van der Waals surface area contributed by atoms with E-state index in [1.807, 2.05) is 12.1 Å². The van der Waals surface area contributed by atoms with Crippen LogP contribution in [0.2, 0.25) is 5.02 Å². The summed E-state index contributed by atoms with van der Waals surface area (Å²) in [5.41, 5.74) is 2.23. The number of hydrogen-bond donors (Lipinski definition) is 2. The average molecular weight is 277 g/mol. The number of hydrogen-bond acceptors (Lipinski definition) is 1. The summed E-state index contributed by atoms with van der Waals surface area (Å²) in [4.78, 5) is 3.42. The van der Waals surface area contributed by atoms with Crippen LogP contribution < -0.4 is 5.32 Å². The van der Waals surface area contributed by atoms with Crippen molar-refractivity contribution in [3.63, 3.8) is 0 Å². The SMILES string of the molecule is C[C@H](NCc1[nH]c2ccccc2c1Cl)C1CCCC1. The van der Waals surface area contributed by atoms with E-state index < -0.39 is 0 Å². The van der Waals surface area contributed by atoms with Gasteiger partial charge in [0.25, 0.3) is 0 Å². The normalized spacial score (nSPS) is 18.2. The van der Waals surface area contributed by atoms with Crippen molar-refractivity contribution in [2.24, 2.45) is 5.92 Å². The minimum atomic E-state index is 0.574. The van der Waals surface area contributed by atoms with E-state index in [-0.39, 0.29) is 0 Å². The minimum absolute atomic E-state index is 0.574. The van der Waals surface area contributed by atoms with Gasteiger partial charge >= 0.3 is 0 Å². The van der Waals surface area contributed by atoms with Crippen molar-refractivity contribution in [3.8, 4) is 0 Å². The third kappa shape index (κ3) is 2.65. The predicted octanol–water partition coefficient (Wildman–Crippen LogP) is 4.49. The van der Waals surface area contributed by atoms with Crippen molar-refractivity contribution in [3.05, 3.63) is 35.0 Å². The van der Waals surface area contributed by atoms with Gasteiger partial charge in [0.15, 0.2) is 0 Å². The maximum Gasteiger partial charge on any atom is 0.0705 e. The Bertz CT molecular complexity index is 555. The summed E-state index contributed by atoms with van der Waals surface area (Å²) in [5.74, 6) is 0.836. The standard InChI is InChI=1S/C16H21ClN2/c1-11(12-6-2-3-7-12)18-10-15-16(17)13-8-4-5-9-14(13)19-15/h4-5,8-9,11-12,18-19H,2-3,6-7,10H2,1H3/t11-/m0/s1. The zero-order chi connectivity index (χ0) is 13.2. The second-order valence-corrected chi connectivity index (χ2v) is 6.06. The van der Waals surface area contributed by atoms with Gasteiger partial charge in [-0.25, -0.2) is 0 Å². The summed E-state index contributed by atoms with van der Waals surface area (Å²) in [6, 6.07) is 8.78. The molecular formula is C16H21ClN2. The molecule has 1 aromatic carbocycles. The lowest BCUT2D eigenvalue weighted by Gasteiger charge is -2.20. The van der Waals surface area contributed by atoms with E-state index in [2.05, 4.69) is 29.4 Å². The third-order valence-electron chi connectivity index (χ3n) is 4.42. The molecule has 19 heavy (non-hydrogen) atoms. The van der Waals surface area contributed by atoms with E-state index in [1.165, 1.54) is 25.7 Å². The maximum atomic E-state index is 6.43. The first-order valence-corrected chi connectivity index (χ1v) is 7.62. The zero-order valence-corrected chi connectivity index (χ0v) is 12.1. The van der Waals surface area contributed by atoms with Crippen molar-refractivity contribution >= 4 is 22.5 Å². The van der Waals surface area contributed by atoms with Gasteiger partial charge < -0.3 is 10.3 Å². The molecule has 1 atom stereocenters. The van der Waals surface area contributed by atoms with Gasteiger partial charge in [-0.1, -0.05) is 42.6 Å². The lowest BCUT2D eigenvalue weighted by molar-refractivity contribution is 0.379. The Morgan fingerprint density at radius 3 is 2.79 bits per heavy atom. The Balaban J connectivity index is 1.69. The van der Waals surface area contributed by atoms with Gasteiger partial charge in [0, 0.05) is 29.2 Å². The Morgan fingerprint density at radius 1 is 1.32 bits per heavy atom. The molecule has 1 aliphatic carbocycles. The van der Waals surface area contributed by atoms with Crippen LogP contribution in [0.4, 0.5) is 0 Å². The number of benzene rings is 1. The van der Waals surface area contributed by atoms with Crippen LogP contribution in [0, 0.1) is 5.92 Å². The van der Waals surface area contributed by atoms with E-state index in [9.17, 15) is 0 Å². The molecule has 0 aliphatic heterocycles. The molecule has 1 aromatic heterocycles. The Morgan fingerprint density at radius 2 is 2.05 bits per heavy atom. The molecule has 1 heterocycles. The van der Waals surface area contributed by atoms with Crippen molar-refractivity contribution < 1.29 is 0 Å². The molecule has 0 radical (unpaired) electrons. The maximum absolute atomic E-state index is 6.43. The summed E-state index contributed by atoms with van der Waals surface area (Å²) >= 11 is 6.43. The van der Waals surface area contributed by atoms with Crippen molar-refractivity contribution in [2.75, 3.05) is 0 Å². The highest BCUT2D eigenvalue weighted by atomic mass is 35.5. The van der Waals surface area contributed by atoms with Gasteiger partial charge in [0.2, 0.25) is 0 Å². The highest BCUT2D eigenvalue weighted by Crippen LogP contribution is 2.29. The van der Waals surface area contributed by atoms with Crippen molar-refractivity contribution in [1.82, 2.24) is 10.3 Å². The first-order chi connectivity index (χ1) is 9.25. The molecule has 0 spiro atoms. The molecule has 0 amide bonds. The van der Waals surface area contributed by atoms with E-state index >= 15 is 0 Å². The highest BCUT2D eigenvalue weighted by molar-refractivity contribution is 6.36. The van der Waals surface area contributed by atoms with Crippen LogP contribution in [0.15, 0.2) is 24.3 Å². The molecule has 1 fully saturated rings. The van der Waals surface area contributed by atoms with E-state index in [1.54, 1.807) is 0 Å². The third-order valence-corrected chi connectivity index (χ3v) is 4.85. The van der Waals surface area contributed by atoms with E-state index in [0.717, 1.165) is 34.1 Å². The molecule has 2 aromatic rings. The smallest absolute Gasteiger partial charge is 0.0705 e. The van der Waals surface area contributed by atoms with Gasteiger partial charge in [-0.3, -0.25) is 0 Å². The fourth-order valence-corrected chi connectivity index (χ4v) is 3.45. The molecule has 2 N–H and O–H groups in total. The van der Waals surface area contributed by atoms with E-state index in [4.69, 9.17) is 11.6 Å². The van der Waals surface area contributed by atoms with Crippen LogP contribution in [0.5, 0.6) is 0 Å². The lowest BCUT2D eigenvalue weighted by Crippen LogP contribution is -2.31. The number of H-pyrrole nitrogens is 1. The Kier molecular flexibility index (Phi) is 3.81. The number of fused-ring (bicyclic) bond motifs is 1. The quantitative estimate of drug-likeness (QED) is 0.846. The van der Waals surface area contributed by atoms with Gasteiger partial charge in [0.1, 0.15) is 0 Å². The summed E-state index contributed by atoms with van der Waals surface area (Å²) in [7, 11) is 0. The molecule has 3 rings (SSSR count). The average Bonchev–Trinajstić information content (AvgIpc) is 3.05. The first-order valence-electron chi connectivity index (χ1n) is 7.24. The van der Waals surface area contributed by atoms with Gasteiger partial charge in [0.05, 0.1) is 5.02 Å². The largest absolute Gasteiger partial charge is 0.356 e. The van der Waals surface area contributed by atoms with Crippen LogP contribution in [0.25, 0.3) is 10.9 Å². The lowest BCUT2D eigenvalue weighted by atomic mass is 10.00. The van der Waals surface area contributed by atoms with Crippen molar-refractivity contribution in [1.29, 1.82) is 0 Å². The van der Waals surface area contributed by atoms with E-state index in [0.29, 0.717) is 6.04 Å². The number of aromatic nitrogens is 1. The topological polar surface area (TPSA) is 27.8 Å². The number of rotatable bonds is 4. The summed E-state index contributed by atoms with van der Waals surface area (Å²) < 4.78 is 0. The van der Waals surface area contributed by atoms with Crippen LogP contribution in [-0.2, 0) is 6.54 Å². The Hall–Kier alpha value is -0.990. The molecule has 0 unspecified atom stereocenters. The highest BCUT2D eigenvalue weighted by Gasteiger charge is 2.21. The molecule has 1 saturated carbocycles. The number of aromatic amines is 1. The molecule has 102 valence electrons. The molecule has 0 saturated heterocycles. The molecule has 1 aliphatic rings. The molecule has 3 heteroatoms. The summed E-state index contributed by atoms with van der Waals surface area (Å²) in [6.45, 7) is 3.12. The predicted molar refractivity (Wildman–Crippen MR) is 81.6 cm³/mol. The number of halogens is 1.